The first-order valence-electron chi connectivity index (χ1n) is 9.41. The number of para-hydroxylation sites is 1. The summed E-state index contributed by atoms with van der Waals surface area (Å²) in [6.45, 7) is 7.57. The van der Waals surface area contributed by atoms with Crippen molar-refractivity contribution in [1.29, 1.82) is 0 Å². The molecule has 1 fully saturated rings. The third kappa shape index (κ3) is 2.88. The number of hydrogen-bond acceptors (Lipinski definition) is 4. The second-order valence-electron chi connectivity index (χ2n) is 7.23. The van der Waals surface area contributed by atoms with Crippen LogP contribution in [0.5, 0.6) is 0 Å². The van der Waals surface area contributed by atoms with Crippen molar-refractivity contribution in [3.05, 3.63) is 51.9 Å². The summed E-state index contributed by atoms with van der Waals surface area (Å²) < 4.78 is 9.36. The lowest BCUT2D eigenvalue weighted by Crippen LogP contribution is -2.35. The van der Waals surface area contributed by atoms with E-state index in [1.165, 1.54) is 15.6 Å². The van der Waals surface area contributed by atoms with Crippen LogP contribution in [0.1, 0.15) is 42.8 Å². The smallest absolute Gasteiger partial charge is 0.345 e. The first-order chi connectivity index (χ1) is 12.6. The number of benzene rings is 1. The molecular formula is C20H26N4O2. The molecular weight excluding hydrogens is 328 g/mol. The van der Waals surface area contributed by atoms with Crippen LogP contribution >= 0.6 is 0 Å². The lowest BCUT2D eigenvalue weighted by molar-refractivity contribution is 0.182. The van der Waals surface area contributed by atoms with Gasteiger partial charge in [-0.05, 0) is 44.9 Å². The van der Waals surface area contributed by atoms with Gasteiger partial charge in [0.2, 0.25) is 0 Å². The van der Waals surface area contributed by atoms with Crippen molar-refractivity contribution in [1.82, 2.24) is 19.2 Å². The highest BCUT2D eigenvalue weighted by atomic mass is 16.3. The Morgan fingerprint density at radius 1 is 1.31 bits per heavy atom. The van der Waals surface area contributed by atoms with Crippen LogP contribution in [0.25, 0.3) is 11.0 Å². The summed E-state index contributed by atoms with van der Waals surface area (Å²) >= 11 is 0. The number of rotatable bonds is 4. The molecule has 6 heteroatoms. The lowest BCUT2D eigenvalue weighted by atomic mass is 9.97. The highest BCUT2D eigenvalue weighted by molar-refractivity contribution is 5.81. The van der Waals surface area contributed by atoms with E-state index >= 15 is 0 Å². The second kappa shape index (κ2) is 6.76. The Bertz CT molecular complexity index is 982. The number of likely N-dealkylation sites (tertiary alicyclic amines) is 1. The first-order valence-corrected chi connectivity index (χ1v) is 9.41. The number of nitrogens with zero attached hydrogens (tertiary/aromatic N) is 4. The van der Waals surface area contributed by atoms with Crippen LogP contribution in [0.3, 0.4) is 0 Å². The van der Waals surface area contributed by atoms with E-state index in [1.54, 1.807) is 11.6 Å². The normalized spacial score (nSPS) is 18.7. The molecule has 0 bridgehead atoms. The summed E-state index contributed by atoms with van der Waals surface area (Å²) in [5.41, 5.74) is 2.16. The number of aromatic nitrogens is 3. The zero-order valence-electron chi connectivity index (χ0n) is 15.7. The minimum absolute atomic E-state index is 0.0206. The van der Waals surface area contributed by atoms with E-state index in [0.29, 0.717) is 12.5 Å². The molecule has 3 heterocycles. The molecule has 138 valence electrons. The van der Waals surface area contributed by atoms with Crippen LogP contribution in [0.4, 0.5) is 0 Å². The van der Waals surface area contributed by atoms with Gasteiger partial charge in [-0.3, -0.25) is 9.47 Å². The lowest BCUT2D eigenvalue weighted by Gasteiger charge is -2.31. The van der Waals surface area contributed by atoms with Gasteiger partial charge in [0.1, 0.15) is 17.2 Å². The largest absolute Gasteiger partial charge is 0.459 e. The van der Waals surface area contributed by atoms with Gasteiger partial charge in [0, 0.05) is 31.4 Å². The molecule has 4 rings (SSSR count). The van der Waals surface area contributed by atoms with Gasteiger partial charge < -0.3 is 4.42 Å². The Hall–Kier alpha value is -2.34. The van der Waals surface area contributed by atoms with Crippen molar-refractivity contribution >= 4 is 11.0 Å². The Kier molecular flexibility index (Phi) is 4.44. The summed E-state index contributed by atoms with van der Waals surface area (Å²) in [5.74, 6) is 2.26. The highest BCUT2D eigenvalue weighted by Crippen LogP contribution is 2.29. The number of aryl methyl sites for hydroxylation is 2. The quantitative estimate of drug-likeness (QED) is 0.723. The molecule has 1 aliphatic rings. The van der Waals surface area contributed by atoms with E-state index in [9.17, 15) is 4.79 Å². The van der Waals surface area contributed by atoms with Crippen molar-refractivity contribution in [3.63, 3.8) is 0 Å². The Morgan fingerprint density at radius 2 is 2.12 bits per heavy atom. The monoisotopic (exact) mass is 354 g/mol. The third-order valence-electron chi connectivity index (χ3n) is 5.53. The standard InChI is InChI=1S/C20H26N4O2/c1-4-24-19(21-22(3)20(24)25)15-8-7-11-23(12-15)13-18-14(2)16-9-5-6-10-17(16)26-18/h5-6,9-10,15H,4,7-8,11-13H2,1-3H3. The molecule has 0 amide bonds. The maximum Gasteiger partial charge on any atom is 0.345 e. The van der Waals surface area contributed by atoms with Gasteiger partial charge in [0.25, 0.3) is 0 Å². The predicted octanol–water partition coefficient (Wildman–Crippen LogP) is 3.04. The molecule has 1 unspecified atom stereocenters. The second-order valence-corrected chi connectivity index (χ2v) is 7.23. The molecule has 1 aliphatic heterocycles. The molecule has 3 aromatic rings. The van der Waals surface area contributed by atoms with Gasteiger partial charge in [-0.15, -0.1) is 0 Å². The van der Waals surface area contributed by atoms with Gasteiger partial charge in [0.05, 0.1) is 6.54 Å². The van der Waals surface area contributed by atoms with Gasteiger partial charge in [-0.2, -0.15) is 5.10 Å². The van der Waals surface area contributed by atoms with Crippen molar-refractivity contribution in [2.24, 2.45) is 7.05 Å². The zero-order chi connectivity index (χ0) is 18.3. The Labute approximate surface area is 153 Å². The van der Waals surface area contributed by atoms with Crippen molar-refractivity contribution in [2.75, 3.05) is 13.1 Å². The molecule has 2 aromatic heterocycles. The maximum absolute atomic E-state index is 12.2. The van der Waals surface area contributed by atoms with Crippen LogP contribution in [0, 0.1) is 6.92 Å². The molecule has 0 spiro atoms. The minimum Gasteiger partial charge on any atom is -0.459 e. The van der Waals surface area contributed by atoms with Crippen LogP contribution < -0.4 is 5.69 Å². The average Bonchev–Trinajstić information content (AvgIpc) is 3.12. The third-order valence-corrected chi connectivity index (χ3v) is 5.53. The predicted molar refractivity (Wildman–Crippen MR) is 101 cm³/mol. The highest BCUT2D eigenvalue weighted by Gasteiger charge is 2.27. The summed E-state index contributed by atoms with van der Waals surface area (Å²) in [5, 5.41) is 5.71. The fourth-order valence-corrected chi connectivity index (χ4v) is 4.11. The van der Waals surface area contributed by atoms with E-state index in [1.807, 2.05) is 19.1 Å². The van der Waals surface area contributed by atoms with Gasteiger partial charge in [0.15, 0.2) is 0 Å². The molecule has 26 heavy (non-hydrogen) atoms. The number of furan rings is 1. The van der Waals surface area contributed by atoms with Crippen molar-refractivity contribution in [3.8, 4) is 0 Å². The van der Waals surface area contributed by atoms with Gasteiger partial charge in [-0.1, -0.05) is 18.2 Å². The Balaban J connectivity index is 1.56. The van der Waals surface area contributed by atoms with Crippen LogP contribution in [0.15, 0.2) is 33.5 Å². The first kappa shape index (κ1) is 17.1. The minimum atomic E-state index is -0.0206. The van der Waals surface area contributed by atoms with E-state index in [4.69, 9.17) is 4.42 Å². The summed E-state index contributed by atoms with van der Waals surface area (Å²) in [6, 6.07) is 8.21. The molecule has 0 N–H and O–H groups in total. The SMILES string of the molecule is CCn1c(C2CCCN(Cc3oc4ccccc4c3C)C2)nn(C)c1=O. The van der Waals surface area contributed by atoms with E-state index in [0.717, 1.165) is 49.6 Å². The van der Waals surface area contributed by atoms with Crippen molar-refractivity contribution in [2.45, 2.75) is 45.7 Å². The zero-order valence-corrected chi connectivity index (χ0v) is 15.7. The van der Waals surface area contributed by atoms with Crippen LogP contribution in [-0.2, 0) is 20.1 Å². The topological polar surface area (TPSA) is 56.2 Å². The van der Waals surface area contributed by atoms with Crippen molar-refractivity contribution < 1.29 is 4.42 Å². The molecule has 0 saturated carbocycles. The van der Waals surface area contributed by atoms with E-state index in [-0.39, 0.29) is 5.69 Å². The number of piperidine rings is 1. The molecule has 1 atom stereocenters. The molecule has 1 aromatic carbocycles. The Morgan fingerprint density at radius 3 is 2.88 bits per heavy atom. The maximum atomic E-state index is 12.2. The molecule has 1 saturated heterocycles. The number of fused-ring (bicyclic) bond motifs is 1. The van der Waals surface area contributed by atoms with E-state index in [2.05, 4.69) is 29.1 Å². The van der Waals surface area contributed by atoms with Gasteiger partial charge in [-0.25, -0.2) is 9.48 Å². The number of hydrogen-bond donors (Lipinski definition) is 0. The molecule has 6 nitrogen and oxygen atoms in total. The molecule has 0 aliphatic carbocycles. The average molecular weight is 354 g/mol. The summed E-state index contributed by atoms with van der Waals surface area (Å²) in [7, 11) is 1.73. The van der Waals surface area contributed by atoms with Crippen LogP contribution in [-0.4, -0.2) is 32.3 Å². The van der Waals surface area contributed by atoms with Gasteiger partial charge >= 0.3 is 5.69 Å². The fourth-order valence-electron chi connectivity index (χ4n) is 4.11. The van der Waals surface area contributed by atoms with E-state index < -0.39 is 0 Å². The molecule has 0 radical (unpaired) electrons. The fraction of sp³-hybridized carbons (Fsp3) is 0.500. The summed E-state index contributed by atoms with van der Waals surface area (Å²) in [6.07, 6.45) is 2.19. The van der Waals surface area contributed by atoms with Crippen LogP contribution in [0.2, 0.25) is 0 Å². The summed E-state index contributed by atoms with van der Waals surface area (Å²) in [4.78, 5) is 14.6.